The summed E-state index contributed by atoms with van der Waals surface area (Å²) in [5.74, 6) is 10.9. The monoisotopic (exact) mass is 440 g/mol. The second-order valence-electron chi connectivity index (χ2n) is 11.2. The summed E-state index contributed by atoms with van der Waals surface area (Å²) in [5, 5.41) is 1.52. The Labute approximate surface area is 194 Å². The molecule has 0 aromatic carbocycles. The Morgan fingerprint density at radius 1 is 1.12 bits per heavy atom. The number of nitrogens with zero attached hydrogens (tertiary/aromatic N) is 2. The van der Waals surface area contributed by atoms with Crippen LogP contribution < -0.4 is 16.6 Å². The summed E-state index contributed by atoms with van der Waals surface area (Å²) < 4.78 is 0. The zero-order valence-electron chi connectivity index (χ0n) is 20.4. The molecule has 0 amide bonds. The number of pyridine rings is 1. The van der Waals surface area contributed by atoms with E-state index in [-0.39, 0.29) is 23.7 Å². The second kappa shape index (κ2) is 9.70. The van der Waals surface area contributed by atoms with E-state index in [4.69, 9.17) is 11.6 Å². The predicted molar refractivity (Wildman–Crippen MR) is 132 cm³/mol. The maximum absolute atomic E-state index is 13.5. The minimum absolute atomic E-state index is 0.126. The maximum Gasteiger partial charge on any atom is 0.157 e. The van der Waals surface area contributed by atoms with Crippen LogP contribution in [0.5, 0.6) is 0 Å². The van der Waals surface area contributed by atoms with Gasteiger partial charge in [0.1, 0.15) is 0 Å². The molecule has 4 rings (SSSR count). The van der Waals surface area contributed by atoms with Gasteiger partial charge in [0.25, 0.3) is 0 Å². The first kappa shape index (κ1) is 23.5. The van der Waals surface area contributed by atoms with E-state index in [1.54, 1.807) is 18.5 Å². The second-order valence-corrected chi connectivity index (χ2v) is 11.2. The number of carbonyl (C=O) groups excluding carboxylic acids is 1. The van der Waals surface area contributed by atoms with Gasteiger partial charge >= 0.3 is 0 Å². The van der Waals surface area contributed by atoms with Crippen molar-refractivity contribution in [1.29, 1.82) is 0 Å². The van der Waals surface area contributed by atoms with E-state index in [1.165, 1.54) is 62.8 Å². The quantitative estimate of drug-likeness (QED) is 0.406. The maximum atomic E-state index is 13.5. The van der Waals surface area contributed by atoms with Crippen molar-refractivity contribution in [3.63, 3.8) is 0 Å². The number of nitrogen functional groups attached to an aromatic ring is 1. The third-order valence-corrected chi connectivity index (χ3v) is 9.65. The molecule has 178 valence electrons. The Bertz CT molecular complexity index is 798. The van der Waals surface area contributed by atoms with Gasteiger partial charge in [-0.2, -0.15) is 0 Å². The molecule has 0 aliphatic heterocycles. The number of nitrogens with two attached hydrogens (primary N) is 2. The number of hydrogen-bond acceptors (Lipinski definition) is 5. The highest BCUT2D eigenvalue weighted by molar-refractivity contribution is 5.87. The van der Waals surface area contributed by atoms with Gasteiger partial charge in [-0.3, -0.25) is 9.78 Å². The molecule has 3 aliphatic rings. The summed E-state index contributed by atoms with van der Waals surface area (Å²) in [6, 6.07) is 1.79. The van der Waals surface area contributed by atoms with Gasteiger partial charge in [0, 0.05) is 12.1 Å². The first-order chi connectivity index (χ1) is 15.4. The van der Waals surface area contributed by atoms with Crippen LogP contribution in [0.2, 0.25) is 0 Å². The molecule has 0 saturated heterocycles. The van der Waals surface area contributed by atoms with E-state index in [2.05, 4.69) is 25.8 Å². The normalized spacial score (nSPS) is 36.4. The van der Waals surface area contributed by atoms with Crippen LogP contribution in [-0.4, -0.2) is 17.3 Å². The molecule has 0 spiro atoms. The van der Waals surface area contributed by atoms with Gasteiger partial charge in [-0.1, -0.05) is 46.5 Å². The van der Waals surface area contributed by atoms with Gasteiger partial charge < -0.3 is 10.7 Å². The molecule has 3 fully saturated rings. The number of anilines is 2. The van der Waals surface area contributed by atoms with E-state index in [1.807, 2.05) is 0 Å². The Morgan fingerprint density at radius 3 is 2.62 bits per heavy atom. The standard InChI is InChI=1S/C27H44N4O/c1-4-6-18-8-9-21-20(19(18)7-5-2)12-14-27(3)22(21)10-11-23(27)26(32)17-31(29)25-13-15-30-16-24(25)28/h13,15-16,18-23H,4-12,14,17,28-29H2,1-3H3. The fourth-order valence-electron chi connectivity index (χ4n) is 8.30. The minimum Gasteiger partial charge on any atom is -0.396 e. The molecule has 4 N–H and O–H groups in total. The van der Waals surface area contributed by atoms with Crippen molar-refractivity contribution in [2.24, 2.45) is 46.8 Å². The summed E-state index contributed by atoms with van der Waals surface area (Å²) in [7, 11) is 0. The van der Waals surface area contributed by atoms with Crippen molar-refractivity contribution in [3.8, 4) is 0 Å². The van der Waals surface area contributed by atoms with Gasteiger partial charge in [0.05, 0.1) is 24.1 Å². The molecule has 1 heterocycles. The molecular formula is C27H44N4O. The number of aromatic nitrogens is 1. The SMILES string of the molecule is CCCC1CCC2C(CCC3(C)C(C(=O)CN(N)c4ccncc4N)CCC23)C1CCC. The van der Waals surface area contributed by atoms with Crippen molar-refractivity contribution >= 4 is 17.2 Å². The topological polar surface area (TPSA) is 85.2 Å². The molecule has 1 aromatic rings. The van der Waals surface area contributed by atoms with Gasteiger partial charge in [-0.05, 0) is 79.6 Å². The van der Waals surface area contributed by atoms with Crippen molar-refractivity contribution in [1.82, 2.24) is 4.98 Å². The average Bonchev–Trinajstić information content (AvgIpc) is 3.13. The summed E-state index contributed by atoms with van der Waals surface area (Å²) in [6.07, 6.45) is 16.2. The fraction of sp³-hybridized carbons (Fsp3) is 0.778. The van der Waals surface area contributed by atoms with E-state index < -0.39 is 0 Å². The number of carbonyl (C=O) groups is 1. The molecule has 0 bridgehead atoms. The molecule has 5 nitrogen and oxygen atoms in total. The average molecular weight is 441 g/mol. The van der Waals surface area contributed by atoms with Crippen molar-refractivity contribution in [2.75, 3.05) is 17.3 Å². The van der Waals surface area contributed by atoms with Crippen LogP contribution in [0, 0.1) is 40.9 Å². The Balaban J connectivity index is 1.47. The van der Waals surface area contributed by atoms with E-state index in [9.17, 15) is 4.79 Å². The Hall–Kier alpha value is -1.62. The smallest absolute Gasteiger partial charge is 0.157 e. The summed E-state index contributed by atoms with van der Waals surface area (Å²) >= 11 is 0. The van der Waals surface area contributed by atoms with Gasteiger partial charge in [0.2, 0.25) is 0 Å². The molecule has 1 aromatic heterocycles. The third kappa shape index (κ3) is 4.18. The number of fused-ring (bicyclic) bond motifs is 3. The number of Topliss-reactive ketones (excluding diaryl/α,β-unsaturated/α-hetero) is 1. The highest BCUT2D eigenvalue weighted by Crippen LogP contribution is 2.63. The minimum atomic E-state index is 0.126. The molecule has 0 radical (unpaired) electrons. The summed E-state index contributed by atoms with van der Waals surface area (Å²) in [4.78, 5) is 17.5. The van der Waals surface area contributed by atoms with Gasteiger partial charge in [0.15, 0.2) is 5.78 Å². The highest BCUT2D eigenvalue weighted by Gasteiger charge is 2.57. The number of hydrazine groups is 1. The first-order valence-corrected chi connectivity index (χ1v) is 13.1. The molecule has 32 heavy (non-hydrogen) atoms. The third-order valence-electron chi connectivity index (χ3n) is 9.65. The lowest BCUT2D eigenvalue weighted by Crippen LogP contribution is -2.49. The van der Waals surface area contributed by atoms with E-state index >= 15 is 0 Å². The van der Waals surface area contributed by atoms with Crippen LogP contribution in [-0.2, 0) is 4.79 Å². The number of rotatable bonds is 8. The first-order valence-electron chi connectivity index (χ1n) is 13.1. The van der Waals surface area contributed by atoms with Crippen LogP contribution in [0.4, 0.5) is 11.4 Å². The molecule has 5 heteroatoms. The van der Waals surface area contributed by atoms with E-state index in [0.717, 1.165) is 30.1 Å². The Morgan fingerprint density at radius 2 is 1.91 bits per heavy atom. The summed E-state index contributed by atoms with van der Waals surface area (Å²) in [5.41, 5.74) is 7.37. The molecule has 7 unspecified atom stereocenters. The fourth-order valence-corrected chi connectivity index (χ4v) is 8.30. The highest BCUT2D eigenvalue weighted by atomic mass is 16.1. The molecular weight excluding hydrogens is 396 g/mol. The van der Waals surface area contributed by atoms with Crippen molar-refractivity contribution in [2.45, 2.75) is 85.0 Å². The lowest BCUT2D eigenvalue weighted by molar-refractivity contribution is -0.128. The van der Waals surface area contributed by atoms with Gasteiger partial charge in [-0.25, -0.2) is 5.84 Å². The lowest BCUT2D eigenvalue weighted by Gasteiger charge is -2.55. The van der Waals surface area contributed by atoms with Crippen molar-refractivity contribution < 1.29 is 4.79 Å². The summed E-state index contributed by atoms with van der Waals surface area (Å²) in [6.45, 7) is 7.36. The van der Waals surface area contributed by atoms with Crippen LogP contribution in [0.25, 0.3) is 0 Å². The van der Waals surface area contributed by atoms with Crippen LogP contribution in [0.3, 0.4) is 0 Å². The number of hydrogen-bond donors (Lipinski definition) is 2. The molecule has 7 atom stereocenters. The molecule has 3 aliphatic carbocycles. The van der Waals surface area contributed by atoms with Gasteiger partial charge in [-0.15, -0.1) is 0 Å². The van der Waals surface area contributed by atoms with Crippen LogP contribution >= 0.6 is 0 Å². The zero-order chi connectivity index (χ0) is 22.9. The van der Waals surface area contributed by atoms with E-state index in [0.29, 0.717) is 17.3 Å². The number of ketones is 1. The Kier molecular flexibility index (Phi) is 7.14. The van der Waals surface area contributed by atoms with Crippen molar-refractivity contribution in [3.05, 3.63) is 18.5 Å². The predicted octanol–water partition coefficient (Wildman–Crippen LogP) is 5.60. The lowest BCUT2D eigenvalue weighted by atomic mass is 9.50. The largest absolute Gasteiger partial charge is 0.396 e. The zero-order valence-corrected chi connectivity index (χ0v) is 20.4. The molecule has 3 saturated carbocycles. The van der Waals surface area contributed by atoms with Crippen LogP contribution in [0.15, 0.2) is 18.5 Å². The van der Waals surface area contributed by atoms with Crippen LogP contribution in [0.1, 0.15) is 85.0 Å².